The van der Waals surface area contributed by atoms with Gasteiger partial charge in [-0.15, -0.1) is 48.8 Å². The van der Waals surface area contributed by atoms with Crippen molar-refractivity contribution in [2.75, 3.05) is 26.6 Å². The number of fused-ring (bicyclic) bond motifs is 4. The van der Waals surface area contributed by atoms with Crippen molar-refractivity contribution in [3.63, 3.8) is 0 Å². The largest absolute Gasteiger partial charge is 4.00 e. The van der Waals surface area contributed by atoms with Crippen molar-refractivity contribution in [1.29, 1.82) is 0 Å². The molecule has 0 saturated heterocycles. The second-order valence-corrected chi connectivity index (χ2v) is 13.3. The van der Waals surface area contributed by atoms with Crippen LogP contribution < -0.4 is 24.3 Å². The maximum atomic E-state index is 6.48. The van der Waals surface area contributed by atoms with Gasteiger partial charge in [-0.2, -0.15) is 18.8 Å². The molecule has 7 heteroatoms. The van der Waals surface area contributed by atoms with Crippen LogP contribution in [0.4, 0.5) is 39.9 Å². The normalized spacial score (nSPS) is 13.1. The van der Waals surface area contributed by atoms with Crippen LogP contribution in [0.1, 0.15) is 0 Å². The summed E-state index contributed by atoms with van der Waals surface area (Å²) in [6.45, 7) is 4.20. The fourth-order valence-corrected chi connectivity index (χ4v) is 7.50. The molecule has 7 aromatic carbocycles. The monoisotopic (exact) mass is 890 g/mol. The van der Waals surface area contributed by atoms with Gasteiger partial charge in [0.25, 0.3) is 0 Å². The van der Waals surface area contributed by atoms with Gasteiger partial charge in [0, 0.05) is 57.0 Å². The summed E-state index contributed by atoms with van der Waals surface area (Å²) in [5.41, 5.74) is 10.6. The van der Waals surface area contributed by atoms with E-state index in [4.69, 9.17) is 4.74 Å². The van der Waals surface area contributed by atoms with Gasteiger partial charge in [-0.1, -0.05) is 115 Å². The molecule has 0 amide bonds. The summed E-state index contributed by atoms with van der Waals surface area (Å²) in [5.74, 6) is 2.03. The zero-order chi connectivity index (χ0) is 36.0. The Bertz CT molecular complexity index is 2590. The minimum absolute atomic E-state index is 0. The number of ether oxygens (including phenoxy) is 1. The number of para-hydroxylation sites is 1. The first-order chi connectivity index (χ1) is 26.7. The minimum atomic E-state index is 0. The van der Waals surface area contributed by atoms with Gasteiger partial charge >= 0.3 is 21.1 Å². The van der Waals surface area contributed by atoms with E-state index in [9.17, 15) is 0 Å². The first-order valence-electron chi connectivity index (χ1n) is 17.9. The molecular formula is C48H33N5OPt. The van der Waals surface area contributed by atoms with Crippen molar-refractivity contribution in [2.45, 2.75) is 0 Å². The van der Waals surface area contributed by atoms with Gasteiger partial charge in [-0.05, 0) is 41.8 Å². The molecule has 0 bridgehead atoms. The molecule has 10 rings (SSSR count). The topological polar surface area (TPSA) is 35.1 Å². The zero-order valence-corrected chi connectivity index (χ0v) is 32.1. The summed E-state index contributed by atoms with van der Waals surface area (Å²) in [4.78, 5) is 13.3. The third-order valence-corrected chi connectivity index (χ3v) is 9.97. The molecule has 2 aliphatic rings. The van der Waals surface area contributed by atoms with E-state index in [1.165, 1.54) is 5.39 Å². The van der Waals surface area contributed by atoms with E-state index in [0.29, 0.717) is 11.5 Å². The van der Waals surface area contributed by atoms with E-state index in [0.717, 1.165) is 67.6 Å². The predicted molar refractivity (Wildman–Crippen MR) is 220 cm³/mol. The molecule has 8 aromatic rings. The Morgan fingerprint density at radius 3 is 1.82 bits per heavy atom. The minimum Gasteiger partial charge on any atom is -0.509 e. The first-order valence-corrected chi connectivity index (χ1v) is 17.9. The summed E-state index contributed by atoms with van der Waals surface area (Å²) in [6.07, 6.45) is 1.81. The van der Waals surface area contributed by atoms with Crippen LogP contribution in [0.5, 0.6) is 11.5 Å². The van der Waals surface area contributed by atoms with E-state index >= 15 is 0 Å². The number of aromatic nitrogens is 1. The molecular weight excluding hydrogens is 858 g/mol. The maximum absolute atomic E-state index is 6.48. The second kappa shape index (κ2) is 14.5. The summed E-state index contributed by atoms with van der Waals surface area (Å²) in [6, 6.07) is 63.8. The standard InChI is InChI=1S/C48H33N5O.Pt/c1-50-32-52(48-45(50)26-13-29-49-48)38-20-11-22-40(31-38)54-39-21-10-19-37(30-39)51-33-53(47-43-23-9-8-18-36(43)27-28-44(47)51)46-41(34-14-4-2-5-15-34)24-12-25-42(46)35-16-6-3-7-17-35;/h2-29,32-33H,1H3;/q-4;+4. The Morgan fingerprint density at radius 1 is 0.509 bits per heavy atom. The SMILES string of the molecule is CN1[CH-]N(c2[c-]c(Oc3[c-]c(N4[CH-]N(c5c(-c6ccccc6)cccc5-c5ccccc5)c5c4ccc4ccccc54)ccc3)ccc2)c2ncccc21.[Pt+4]. The van der Waals surface area contributed by atoms with Gasteiger partial charge in [0.05, 0.1) is 0 Å². The van der Waals surface area contributed by atoms with E-state index in [-0.39, 0.29) is 21.1 Å². The third kappa shape index (κ3) is 6.19. The van der Waals surface area contributed by atoms with Gasteiger partial charge in [0.15, 0.2) is 0 Å². The predicted octanol–water partition coefficient (Wildman–Crippen LogP) is 12.1. The second-order valence-electron chi connectivity index (χ2n) is 13.3. The number of pyridine rings is 1. The number of anilines is 7. The molecule has 3 heterocycles. The van der Waals surface area contributed by atoms with Crippen LogP contribution in [-0.4, -0.2) is 12.0 Å². The van der Waals surface area contributed by atoms with Gasteiger partial charge in [-0.3, -0.25) is 0 Å². The van der Waals surface area contributed by atoms with Gasteiger partial charge in [0.1, 0.15) is 5.82 Å². The van der Waals surface area contributed by atoms with Crippen LogP contribution in [0, 0.1) is 25.5 Å². The molecule has 0 unspecified atom stereocenters. The summed E-state index contributed by atoms with van der Waals surface area (Å²) < 4.78 is 6.48. The van der Waals surface area contributed by atoms with Gasteiger partial charge < -0.3 is 24.3 Å². The van der Waals surface area contributed by atoms with Crippen LogP contribution in [0.3, 0.4) is 0 Å². The van der Waals surface area contributed by atoms with Gasteiger partial charge in [0.2, 0.25) is 0 Å². The molecule has 1 aromatic heterocycles. The Morgan fingerprint density at radius 2 is 1.13 bits per heavy atom. The Balaban J connectivity index is 0.00000397. The molecule has 0 spiro atoms. The summed E-state index contributed by atoms with van der Waals surface area (Å²) in [7, 11) is 2.02. The van der Waals surface area contributed by atoms with Crippen molar-refractivity contribution >= 4 is 50.7 Å². The summed E-state index contributed by atoms with van der Waals surface area (Å²) >= 11 is 0. The molecule has 0 saturated carbocycles. The third-order valence-electron chi connectivity index (χ3n) is 9.97. The number of benzene rings is 7. The number of hydrogen-bond acceptors (Lipinski definition) is 6. The van der Waals surface area contributed by atoms with Crippen LogP contribution in [0.25, 0.3) is 33.0 Å². The van der Waals surface area contributed by atoms with E-state index < -0.39 is 0 Å². The number of hydrogen-bond donors (Lipinski definition) is 0. The average molecular weight is 891 g/mol. The van der Waals surface area contributed by atoms with E-state index in [1.807, 2.05) is 55.0 Å². The number of rotatable bonds is 7. The molecule has 6 nitrogen and oxygen atoms in total. The fourth-order valence-electron chi connectivity index (χ4n) is 7.50. The first kappa shape index (κ1) is 34.4. The Hall–Kier alpha value is -6.36. The molecule has 0 fully saturated rings. The van der Waals surface area contributed by atoms with E-state index in [2.05, 4.69) is 166 Å². The van der Waals surface area contributed by atoms with Crippen molar-refractivity contribution in [2.24, 2.45) is 0 Å². The molecule has 0 atom stereocenters. The maximum Gasteiger partial charge on any atom is 4.00 e. The van der Waals surface area contributed by atoms with Crippen molar-refractivity contribution in [1.82, 2.24) is 4.98 Å². The Labute approximate surface area is 335 Å². The van der Waals surface area contributed by atoms with Crippen LogP contribution in [-0.2, 0) is 21.1 Å². The van der Waals surface area contributed by atoms with Crippen molar-refractivity contribution in [3.05, 3.63) is 195 Å². The van der Waals surface area contributed by atoms with E-state index in [1.54, 1.807) is 6.20 Å². The molecule has 0 radical (unpaired) electrons. The quantitative estimate of drug-likeness (QED) is 0.148. The molecule has 0 aliphatic carbocycles. The van der Waals surface area contributed by atoms with Crippen molar-refractivity contribution < 1.29 is 25.8 Å². The number of nitrogens with zero attached hydrogens (tertiary/aromatic N) is 5. The van der Waals surface area contributed by atoms with Crippen LogP contribution in [0.15, 0.2) is 170 Å². The smallest absolute Gasteiger partial charge is 0.509 e. The van der Waals surface area contributed by atoms with Crippen LogP contribution in [0.2, 0.25) is 0 Å². The molecule has 266 valence electrons. The fraction of sp³-hybridized carbons (Fsp3) is 0.0208. The summed E-state index contributed by atoms with van der Waals surface area (Å²) in [5, 5.41) is 2.33. The zero-order valence-electron chi connectivity index (χ0n) is 29.8. The van der Waals surface area contributed by atoms with Crippen LogP contribution >= 0.6 is 0 Å². The average Bonchev–Trinajstić information content (AvgIpc) is 3.80. The van der Waals surface area contributed by atoms with Crippen molar-refractivity contribution in [3.8, 4) is 33.8 Å². The Kier molecular flexibility index (Phi) is 9.05. The molecule has 55 heavy (non-hydrogen) atoms. The molecule has 2 aliphatic heterocycles. The molecule has 0 N–H and O–H groups in total. The van der Waals surface area contributed by atoms with Gasteiger partial charge in [-0.25, -0.2) is 4.98 Å².